The van der Waals surface area contributed by atoms with Crippen molar-refractivity contribution in [2.45, 2.75) is 32.1 Å². The van der Waals surface area contributed by atoms with Crippen LogP contribution >= 0.6 is 11.6 Å². The highest BCUT2D eigenvalue weighted by Crippen LogP contribution is 2.38. The molecule has 0 spiro atoms. The lowest BCUT2D eigenvalue weighted by atomic mass is 9.74. The van der Waals surface area contributed by atoms with E-state index >= 15 is 0 Å². The molecule has 0 radical (unpaired) electrons. The fourth-order valence-corrected chi connectivity index (χ4v) is 5.11. The highest BCUT2D eigenvalue weighted by atomic mass is 35.5. The molecular weight excluding hydrogens is 490 g/mol. The second kappa shape index (κ2) is 11.4. The standard InChI is InChI=1S/C27H29ClF2N2O4/c1-35-20-4-5-25-23(16-20)22(24(28)17-31-25)3-2-6-27(26(33)34)7-9-32(10-8-27)11-12-36-21-14-18(29)13-19(30)15-21/h4-5,13-17H,2-3,6-12H2,1H3,(H,33,34). The maximum absolute atomic E-state index is 13.3. The van der Waals surface area contributed by atoms with Crippen molar-refractivity contribution in [2.24, 2.45) is 5.41 Å². The Hall–Kier alpha value is -2.97. The quantitative estimate of drug-likeness (QED) is 0.369. The number of fused-ring (bicyclic) bond motifs is 1. The summed E-state index contributed by atoms with van der Waals surface area (Å²) in [4.78, 5) is 18.8. The Morgan fingerprint density at radius 3 is 2.53 bits per heavy atom. The third-order valence-electron chi connectivity index (χ3n) is 7.00. The number of hydrogen-bond donors (Lipinski definition) is 1. The van der Waals surface area contributed by atoms with Gasteiger partial charge in [-0.15, -0.1) is 0 Å². The first-order valence-electron chi connectivity index (χ1n) is 12.0. The van der Waals surface area contributed by atoms with Crippen molar-refractivity contribution >= 4 is 28.5 Å². The number of hydrogen-bond acceptors (Lipinski definition) is 5. The van der Waals surface area contributed by atoms with E-state index in [0.717, 1.165) is 34.7 Å². The molecule has 1 aliphatic rings. The summed E-state index contributed by atoms with van der Waals surface area (Å²) < 4.78 is 37.4. The molecule has 0 unspecified atom stereocenters. The predicted octanol–water partition coefficient (Wildman–Crippen LogP) is 5.74. The third kappa shape index (κ3) is 6.05. The van der Waals surface area contributed by atoms with E-state index in [-0.39, 0.29) is 12.4 Å². The number of nitrogens with zero attached hydrogens (tertiary/aromatic N) is 2. The number of halogens is 3. The minimum absolute atomic E-state index is 0.143. The van der Waals surface area contributed by atoms with Crippen molar-refractivity contribution in [3.05, 3.63) is 64.8 Å². The number of carboxylic acids is 1. The molecule has 3 aromatic rings. The molecule has 1 aliphatic heterocycles. The molecular formula is C27H29ClF2N2O4. The molecule has 0 saturated carbocycles. The number of ether oxygens (including phenoxy) is 2. The maximum atomic E-state index is 13.3. The van der Waals surface area contributed by atoms with Crippen LogP contribution in [-0.2, 0) is 11.2 Å². The van der Waals surface area contributed by atoms with E-state index in [2.05, 4.69) is 9.88 Å². The first kappa shape index (κ1) is 26.1. The number of aromatic nitrogens is 1. The summed E-state index contributed by atoms with van der Waals surface area (Å²) in [6.45, 7) is 2.04. The molecule has 1 saturated heterocycles. The summed E-state index contributed by atoms with van der Waals surface area (Å²) in [5.74, 6) is -1.29. The fourth-order valence-electron chi connectivity index (χ4n) is 4.87. The number of methoxy groups -OCH3 is 1. The van der Waals surface area contributed by atoms with Crippen LogP contribution in [0.4, 0.5) is 8.78 Å². The zero-order chi connectivity index (χ0) is 25.7. The molecule has 2 aromatic carbocycles. The molecule has 6 nitrogen and oxygen atoms in total. The number of carbonyl (C=O) groups is 1. The average Bonchev–Trinajstić information content (AvgIpc) is 2.85. The van der Waals surface area contributed by atoms with E-state index in [9.17, 15) is 18.7 Å². The van der Waals surface area contributed by atoms with E-state index in [1.165, 1.54) is 0 Å². The number of likely N-dealkylation sites (tertiary alicyclic amines) is 1. The van der Waals surface area contributed by atoms with Crippen LogP contribution in [0, 0.1) is 17.0 Å². The molecule has 2 heterocycles. The summed E-state index contributed by atoms with van der Waals surface area (Å²) in [6.07, 6.45) is 4.54. The zero-order valence-corrected chi connectivity index (χ0v) is 20.9. The Kier molecular flexibility index (Phi) is 8.26. The minimum Gasteiger partial charge on any atom is -0.497 e. The van der Waals surface area contributed by atoms with Gasteiger partial charge in [-0.1, -0.05) is 11.6 Å². The van der Waals surface area contributed by atoms with Gasteiger partial charge in [0.05, 0.1) is 23.1 Å². The van der Waals surface area contributed by atoms with Crippen molar-refractivity contribution in [2.75, 3.05) is 33.4 Å². The van der Waals surface area contributed by atoms with Gasteiger partial charge >= 0.3 is 5.97 Å². The van der Waals surface area contributed by atoms with E-state index in [1.807, 2.05) is 18.2 Å². The number of aliphatic carboxylic acids is 1. The SMILES string of the molecule is COc1ccc2ncc(Cl)c(CCCC3(C(=O)O)CCN(CCOc4cc(F)cc(F)c4)CC3)c2c1. The minimum atomic E-state index is -0.796. The van der Waals surface area contributed by atoms with Crippen LogP contribution < -0.4 is 9.47 Å². The molecule has 0 aliphatic carbocycles. The van der Waals surface area contributed by atoms with Gasteiger partial charge in [-0.05, 0) is 69.0 Å². The molecule has 0 amide bonds. The summed E-state index contributed by atoms with van der Waals surface area (Å²) in [6, 6.07) is 8.73. The van der Waals surface area contributed by atoms with Crippen molar-refractivity contribution < 1.29 is 28.2 Å². The monoisotopic (exact) mass is 518 g/mol. The fraction of sp³-hybridized carbons (Fsp3) is 0.407. The largest absolute Gasteiger partial charge is 0.497 e. The van der Waals surface area contributed by atoms with Crippen LogP contribution in [0.3, 0.4) is 0 Å². The van der Waals surface area contributed by atoms with Gasteiger partial charge in [0.15, 0.2) is 0 Å². The number of benzene rings is 2. The van der Waals surface area contributed by atoms with Crippen LogP contribution in [0.25, 0.3) is 10.9 Å². The first-order chi connectivity index (χ1) is 17.3. The highest BCUT2D eigenvalue weighted by molar-refractivity contribution is 6.32. The molecule has 192 valence electrons. The van der Waals surface area contributed by atoms with Crippen molar-refractivity contribution in [3.63, 3.8) is 0 Å². The first-order valence-corrected chi connectivity index (χ1v) is 12.3. The van der Waals surface area contributed by atoms with E-state index < -0.39 is 23.0 Å². The lowest BCUT2D eigenvalue weighted by molar-refractivity contribution is -0.152. The van der Waals surface area contributed by atoms with Crippen molar-refractivity contribution in [1.29, 1.82) is 0 Å². The van der Waals surface area contributed by atoms with Gasteiger partial charge in [0.25, 0.3) is 0 Å². The van der Waals surface area contributed by atoms with Crippen LogP contribution in [0.5, 0.6) is 11.5 Å². The van der Waals surface area contributed by atoms with Gasteiger partial charge in [-0.3, -0.25) is 14.7 Å². The summed E-state index contributed by atoms with van der Waals surface area (Å²) in [5, 5.41) is 11.6. The van der Waals surface area contributed by atoms with Gasteiger partial charge in [0, 0.05) is 36.3 Å². The van der Waals surface area contributed by atoms with Crippen LogP contribution in [0.2, 0.25) is 5.02 Å². The Morgan fingerprint density at radius 1 is 1.14 bits per heavy atom. The predicted molar refractivity (Wildman–Crippen MR) is 134 cm³/mol. The van der Waals surface area contributed by atoms with Gasteiger partial charge in [-0.2, -0.15) is 0 Å². The van der Waals surface area contributed by atoms with E-state index in [4.69, 9.17) is 21.1 Å². The van der Waals surface area contributed by atoms with E-state index in [0.29, 0.717) is 62.5 Å². The van der Waals surface area contributed by atoms with Crippen LogP contribution in [0.15, 0.2) is 42.6 Å². The number of pyridine rings is 1. The molecule has 1 N–H and O–H groups in total. The van der Waals surface area contributed by atoms with Gasteiger partial charge in [0.2, 0.25) is 0 Å². The second-order valence-electron chi connectivity index (χ2n) is 9.20. The van der Waals surface area contributed by atoms with Gasteiger partial charge < -0.3 is 14.6 Å². The summed E-state index contributed by atoms with van der Waals surface area (Å²) in [5.41, 5.74) is 0.972. The average molecular weight is 519 g/mol. The molecule has 9 heteroatoms. The highest BCUT2D eigenvalue weighted by Gasteiger charge is 2.40. The Balaban J connectivity index is 1.33. The number of piperidine rings is 1. The second-order valence-corrected chi connectivity index (χ2v) is 9.61. The van der Waals surface area contributed by atoms with E-state index in [1.54, 1.807) is 13.3 Å². The van der Waals surface area contributed by atoms with Gasteiger partial charge in [0.1, 0.15) is 29.7 Å². The molecule has 4 rings (SSSR count). The van der Waals surface area contributed by atoms with Gasteiger partial charge in [-0.25, -0.2) is 8.78 Å². The Bertz CT molecular complexity index is 1210. The van der Waals surface area contributed by atoms with Crippen LogP contribution in [-0.4, -0.2) is 54.3 Å². The molecule has 36 heavy (non-hydrogen) atoms. The smallest absolute Gasteiger partial charge is 0.309 e. The number of carboxylic acid groups (broad SMARTS) is 1. The summed E-state index contributed by atoms with van der Waals surface area (Å²) in [7, 11) is 1.61. The van der Waals surface area contributed by atoms with Crippen LogP contribution in [0.1, 0.15) is 31.2 Å². The molecule has 0 bridgehead atoms. The zero-order valence-electron chi connectivity index (χ0n) is 20.1. The Morgan fingerprint density at radius 2 is 1.86 bits per heavy atom. The normalized spacial score (nSPS) is 15.7. The third-order valence-corrected chi connectivity index (χ3v) is 7.32. The maximum Gasteiger partial charge on any atom is 0.309 e. The van der Waals surface area contributed by atoms with Crippen molar-refractivity contribution in [1.82, 2.24) is 9.88 Å². The topological polar surface area (TPSA) is 71.9 Å². The summed E-state index contributed by atoms with van der Waals surface area (Å²) >= 11 is 6.47. The number of aryl methyl sites for hydroxylation is 1. The lowest BCUT2D eigenvalue weighted by Gasteiger charge is -2.39. The molecule has 0 atom stereocenters. The number of rotatable bonds is 10. The lowest BCUT2D eigenvalue weighted by Crippen LogP contribution is -2.45. The molecule has 1 fully saturated rings. The Labute approximate surface area is 213 Å². The van der Waals surface area contributed by atoms with Crippen molar-refractivity contribution in [3.8, 4) is 11.5 Å². The molecule has 1 aromatic heterocycles.